The first-order valence-corrected chi connectivity index (χ1v) is 7.51. The summed E-state index contributed by atoms with van der Waals surface area (Å²) in [5.74, 6) is 0. The van der Waals surface area contributed by atoms with Gasteiger partial charge in [-0.3, -0.25) is 4.57 Å². The van der Waals surface area contributed by atoms with Crippen molar-refractivity contribution in [1.29, 1.82) is 0 Å². The summed E-state index contributed by atoms with van der Waals surface area (Å²) in [6.45, 7) is 5.48. The van der Waals surface area contributed by atoms with Gasteiger partial charge in [-0.2, -0.15) is 0 Å². The number of rotatable bonds is 7. The Labute approximate surface area is 103 Å². The topological polar surface area (TPSA) is 46.5 Å². The Bertz CT molecular complexity index is 389. The van der Waals surface area contributed by atoms with Gasteiger partial charge in [-0.15, -0.1) is 6.58 Å². The second kappa shape index (κ2) is 6.75. The van der Waals surface area contributed by atoms with Gasteiger partial charge < -0.3 is 9.42 Å². The van der Waals surface area contributed by atoms with Crippen molar-refractivity contribution in [2.24, 2.45) is 0 Å². The molecule has 1 aromatic rings. The molecule has 0 saturated carbocycles. The van der Waals surface area contributed by atoms with Crippen molar-refractivity contribution in [3.63, 3.8) is 0 Å². The van der Waals surface area contributed by atoms with Crippen LogP contribution in [0.15, 0.2) is 43.0 Å². The van der Waals surface area contributed by atoms with E-state index in [0.717, 1.165) is 18.4 Å². The van der Waals surface area contributed by atoms with Crippen LogP contribution in [0.1, 0.15) is 31.4 Å². The van der Waals surface area contributed by atoms with Crippen LogP contribution in [0.25, 0.3) is 0 Å². The van der Waals surface area contributed by atoms with E-state index < -0.39 is 7.60 Å². The van der Waals surface area contributed by atoms with E-state index in [-0.39, 0.29) is 12.3 Å². The molecule has 1 N–H and O–H groups in total. The Morgan fingerprint density at radius 1 is 1.47 bits per heavy atom. The number of allylic oxidation sites excluding steroid dienone is 1. The van der Waals surface area contributed by atoms with E-state index in [2.05, 4.69) is 6.58 Å². The van der Waals surface area contributed by atoms with E-state index >= 15 is 0 Å². The molecule has 0 aliphatic carbocycles. The summed E-state index contributed by atoms with van der Waals surface area (Å²) in [7, 11) is -3.56. The highest BCUT2D eigenvalue weighted by molar-refractivity contribution is 7.53. The normalized spacial score (nSPS) is 16.1. The van der Waals surface area contributed by atoms with Crippen molar-refractivity contribution in [3.8, 4) is 0 Å². The van der Waals surface area contributed by atoms with Gasteiger partial charge in [0.2, 0.25) is 0 Å². The maximum atomic E-state index is 11.7. The van der Waals surface area contributed by atoms with E-state index in [0.29, 0.717) is 0 Å². The maximum absolute atomic E-state index is 11.7. The maximum Gasteiger partial charge on any atom is 0.332 e. The molecule has 1 rings (SSSR count). The van der Waals surface area contributed by atoms with E-state index in [1.807, 2.05) is 37.3 Å². The van der Waals surface area contributed by atoms with Crippen molar-refractivity contribution >= 4 is 7.60 Å². The second-order valence-electron chi connectivity index (χ2n) is 3.90. The average Bonchev–Trinajstić information content (AvgIpc) is 2.29. The Hall–Kier alpha value is -0.890. The molecule has 0 saturated heterocycles. The van der Waals surface area contributed by atoms with Crippen LogP contribution in [0.3, 0.4) is 0 Å². The van der Waals surface area contributed by atoms with Crippen LogP contribution in [-0.2, 0) is 9.09 Å². The predicted molar refractivity (Wildman–Crippen MR) is 70.1 cm³/mol. The zero-order chi connectivity index (χ0) is 12.7. The fourth-order valence-electron chi connectivity index (χ4n) is 1.62. The summed E-state index contributed by atoms with van der Waals surface area (Å²) < 4.78 is 17.1. The first kappa shape index (κ1) is 14.2. The Balaban J connectivity index is 2.80. The van der Waals surface area contributed by atoms with Crippen molar-refractivity contribution < 1.29 is 14.0 Å². The van der Waals surface area contributed by atoms with Gasteiger partial charge in [0, 0.05) is 0 Å². The van der Waals surface area contributed by atoms with E-state index in [1.54, 1.807) is 0 Å². The molecule has 0 aliphatic heterocycles. The van der Waals surface area contributed by atoms with Crippen LogP contribution in [-0.4, -0.2) is 11.1 Å². The van der Waals surface area contributed by atoms with Gasteiger partial charge in [0.05, 0.1) is 12.3 Å². The molecule has 0 fully saturated rings. The van der Waals surface area contributed by atoms with Gasteiger partial charge >= 0.3 is 7.60 Å². The van der Waals surface area contributed by atoms with Gasteiger partial charge in [-0.25, -0.2) is 0 Å². The molecule has 3 nitrogen and oxygen atoms in total. The summed E-state index contributed by atoms with van der Waals surface area (Å²) in [6.07, 6.45) is 2.70. The molecule has 0 bridgehead atoms. The minimum atomic E-state index is -3.56. The highest BCUT2D eigenvalue weighted by Crippen LogP contribution is 2.47. The molecule has 0 spiro atoms. The van der Waals surface area contributed by atoms with Crippen LogP contribution in [0.2, 0.25) is 0 Å². The lowest BCUT2D eigenvalue weighted by Crippen LogP contribution is -2.04. The molecule has 0 aromatic heterocycles. The monoisotopic (exact) mass is 254 g/mol. The van der Waals surface area contributed by atoms with Crippen molar-refractivity contribution in [2.45, 2.75) is 25.9 Å². The summed E-state index contributed by atoms with van der Waals surface area (Å²) >= 11 is 0. The molecule has 0 heterocycles. The van der Waals surface area contributed by atoms with Crippen LogP contribution >= 0.6 is 7.60 Å². The Morgan fingerprint density at radius 3 is 2.65 bits per heavy atom. The summed E-state index contributed by atoms with van der Waals surface area (Å²) in [6, 6.07) is 9.53. The molecule has 4 heteroatoms. The Morgan fingerprint density at radius 2 is 2.12 bits per heavy atom. The molecular formula is C13H19O3P. The van der Waals surface area contributed by atoms with Gasteiger partial charge in [0.1, 0.15) is 0 Å². The summed E-state index contributed by atoms with van der Waals surface area (Å²) in [5, 5.41) is 0. The molecule has 0 radical (unpaired) electrons. The quantitative estimate of drug-likeness (QED) is 0.592. The summed E-state index contributed by atoms with van der Waals surface area (Å²) in [5.41, 5.74) is 0.938. The van der Waals surface area contributed by atoms with Gasteiger partial charge in [0.25, 0.3) is 0 Å². The lowest BCUT2D eigenvalue weighted by Gasteiger charge is -2.20. The zero-order valence-electron chi connectivity index (χ0n) is 10.1. The number of benzene rings is 1. The molecule has 2 atom stereocenters. The van der Waals surface area contributed by atoms with Gasteiger partial charge in [0.15, 0.2) is 0 Å². The molecule has 94 valence electrons. The van der Waals surface area contributed by atoms with Crippen molar-refractivity contribution in [2.75, 3.05) is 6.16 Å². The second-order valence-corrected chi connectivity index (χ2v) is 5.75. The number of hydrogen-bond donors (Lipinski definition) is 1. The largest absolute Gasteiger partial charge is 0.332 e. The molecule has 2 unspecified atom stereocenters. The SMILES string of the molecule is C=CCP(=O)(O)OC(CCC)c1ccccc1. The molecular weight excluding hydrogens is 235 g/mol. The smallest absolute Gasteiger partial charge is 0.324 e. The lowest BCUT2D eigenvalue weighted by atomic mass is 10.1. The van der Waals surface area contributed by atoms with Crippen LogP contribution in [0.5, 0.6) is 0 Å². The summed E-state index contributed by atoms with van der Waals surface area (Å²) in [4.78, 5) is 9.63. The number of hydrogen-bond acceptors (Lipinski definition) is 2. The zero-order valence-corrected chi connectivity index (χ0v) is 11.0. The van der Waals surface area contributed by atoms with Crippen molar-refractivity contribution in [1.82, 2.24) is 0 Å². The van der Waals surface area contributed by atoms with E-state index in [9.17, 15) is 9.46 Å². The lowest BCUT2D eigenvalue weighted by molar-refractivity contribution is 0.167. The van der Waals surface area contributed by atoms with Crippen LogP contribution < -0.4 is 0 Å². The molecule has 1 aromatic carbocycles. The van der Waals surface area contributed by atoms with E-state index in [1.165, 1.54) is 6.08 Å². The molecule has 17 heavy (non-hydrogen) atoms. The standard InChI is InChI=1S/C13H19O3P/c1-3-8-13(12-9-6-5-7-10-12)16-17(14,15)11-4-2/h4-7,9-10,13H,2-3,8,11H2,1H3,(H,14,15). The first-order chi connectivity index (χ1) is 8.09. The minimum Gasteiger partial charge on any atom is -0.324 e. The molecule has 0 amide bonds. The predicted octanol–water partition coefficient (Wildman–Crippen LogP) is 3.92. The van der Waals surface area contributed by atoms with Gasteiger partial charge in [-0.1, -0.05) is 49.8 Å². The van der Waals surface area contributed by atoms with Gasteiger partial charge in [-0.05, 0) is 12.0 Å². The van der Waals surface area contributed by atoms with Crippen LogP contribution in [0, 0.1) is 0 Å². The minimum absolute atomic E-state index is 0.0138. The van der Waals surface area contributed by atoms with Crippen LogP contribution in [0.4, 0.5) is 0 Å². The Kier molecular flexibility index (Phi) is 5.63. The average molecular weight is 254 g/mol. The molecule has 0 aliphatic rings. The van der Waals surface area contributed by atoms with Crippen molar-refractivity contribution in [3.05, 3.63) is 48.6 Å². The highest BCUT2D eigenvalue weighted by Gasteiger charge is 2.23. The fourth-order valence-corrected chi connectivity index (χ4v) is 2.65. The first-order valence-electron chi connectivity index (χ1n) is 5.75. The fraction of sp³-hybridized carbons (Fsp3) is 0.385. The third-order valence-corrected chi connectivity index (χ3v) is 3.68. The third-order valence-electron chi connectivity index (χ3n) is 2.37. The third kappa shape index (κ3) is 4.86. The van der Waals surface area contributed by atoms with E-state index in [4.69, 9.17) is 4.52 Å². The highest BCUT2D eigenvalue weighted by atomic mass is 31.2.